The van der Waals surface area contributed by atoms with Crippen LogP contribution in [0, 0.1) is 16.7 Å². The number of β-amino-alcohol motifs (C(OH)–C–C–N with tert-alkyl or cyclic N) is 1. The summed E-state index contributed by atoms with van der Waals surface area (Å²) in [5.74, 6) is 3.13. The number of carbonyl (C=O) groups is 1. The van der Waals surface area contributed by atoms with Crippen molar-refractivity contribution in [1.29, 1.82) is 0 Å². The van der Waals surface area contributed by atoms with Crippen LogP contribution in [0.2, 0.25) is 0 Å². The number of nitrogens with one attached hydrogen (secondary N) is 1. The monoisotopic (exact) mass is 283 g/mol. The highest BCUT2D eigenvalue weighted by molar-refractivity contribution is 7.99. The molecule has 2 saturated carbocycles. The van der Waals surface area contributed by atoms with Crippen molar-refractivity contribution in [3.05, 3.63) is 0 Å². The van der Waals surface area contributed by atoms with E-state index in [0.29, 0.717) is 17.7 Å². The largest absolute Gasteiger partial charge is 0.392 e. The molecule has 3 nitrogen and oxygen atoms in total. The summed E-state index contributed by atoms with van der Waals surface area (Å²) in [5, 5.41) is 12.9. The first-order valence-corrected chi connectivity index (χ1v) is 8.64. The molecule has 0 radical (unpaired) electrons. The second-order valence-electron chi connectivity index (χ2n) is 7.18. The number of aliphatic hydroxyl groups is 1. The van der Waals surface area contributed by atoms with Crippen LogP contribution in [0.4, 0.5) is 0 Å². The van der Waals surface area contributed by atoms with Crippen molar-refractivity contribution < 1.29 is 9.90 Å². The van der Waals surface area contributed by atoms with Gasteiger partial charge in [0.05, 0.1) is 6.10 Å². The second-order valence-corrected chi connectivity index (χ2v) is 8.21. The number of Topliss-reactive ketones (excluding diaryl/α,β-unsaturated/α-hetero) is 1. The van der Waals surface area contributed by atoms with Crippen molar-refractivity contribution in [2.75, 3.05) is 18.1 Å². The van der Waals surface area contributed by atoms with Gasteiger partial charge in [0.15, 0.2) is 0 Å². The minimum Gasteiger partial charge on any atom is -0.392 e. The molecule has 0 spiro atoms. The number of hydrogen-bond donors (Lipinski definition) is 2. The van der Waals surface area contributed by atoms with Gasteiger partial charge in [-0.3, -0.25) is 4.79 Å². The van der Waals surface area contributed by atoms with Crippen molar-refractivity contribution in [3.63, 3.8) is 0 Å². The van der Waals surface area contributed by atoms with E-state index in [0.717, 1.165) is 37.3 Å². The van der Waals surface area contributed by atoms with Gasteiger partial charge in [0.1, 0.15) is 5.78 Å². The molecule has 2 bridgehead atoms. The molecular weight excluding hydrogens is 258 g/mol. The third-order valence-corrected chi connectivity index (χ3v) is 7.34. The number of aliphatic hydroxyl groups excluding tert-OH is 1. The van der Waals surface area contributed by atoms with Crippen molar-refractivity contribution in [2.45, 2.75) is 51.7 Å². The minimum absolute atomic E-state index is 0.0560. The molecule has 2 N–H and O–H groups in total. The Kier molecular flexibility index (Phi) is 3.47. The number of thioether (sulfide) groups is 1. The Balaban J connectivity index is 1.58. The fourth-order valence-electron chi connectivity index (χ4n) is 4.41. The van der Waals surface area contributed by atoms with Gasteiger partial charge in [0, 0.05) is 35.9 Å². The van der Waals surface area contributed by atoms with Gasteiger partial charge >= 0.3 is 0 Å². The van der Waals surface area contributed by atoms with Gasteiger partial charge in [-0.1, -0.05) is 13.8 Å². The number of rotatable bonds is 4. The molecule has 0 aromatic rings. The van der Waals surface area contributed by atoms with E-state index in [1.807, 2.05) is 11.8 Å². The van der Waals surface area contributed by atoms with E-state index >= 15 is 0 Å². The first-order chi connectivity index (χ1) is 8.96. The van der Waals surface area contributed by atoms with Gasteiger partial charge in [-0.2, -0.15) is 11.8 Å². The molecule has 19 heavy (non-hydrogen) atoms. The van der Waals surface area contributed by atoms with Crippen molar-refractivity contribution in [2.24, 2.45) is 16.7 Å². The maximum atomic E-state index is 12.4. The Bertz CT molecular complexity index is 384. The van der Waals surface area contributed by atoms with Crippen molar-refractivity contribution >= 4 is 17.5 Å². The lowest BCUT2D eigenvalue weighted by atomic mass is 9.70. The van der Waals surface area contributed by atoms with Crippen LogP contribution in [0.15, 0.2) is 0 Å². The van der Waals surface area contributed by atoms with E-state index in [1.54, 1.807) is 0 Å². The summed E-state index contributed by atoms with van der Waals surface area (Å²) >= 11 is 1.91. The molecule has 108 valence electrons. The second kappa shape index (κ2) is 4.74. The van der Waals surface area contributed by atoms with Crippen LogP contribution in [0.5, 0.6) is 0 Å². The summed E-state index contributed by atoms with van der Waals surface area (Å²) in [7, 11) is 0. The van der Waals surface area contributed by atoms with Crippen LogP contribution in [0.25, 0.3) is 0 Å². The zero-order valence-electron chi connectivity index (χ0n) is 11.9. The Morgan fingerprint density at radius 3 is 2.79 bits per heavy atom. The molecule has 3 fully saturated rings. The fraction of sp³-hybridized carbons (Fsp3) is 0.933. The molecule has 3 rings (SSSR count). The van der Waals surface area contributed by atoms with Crippen LogP contribution in [-0.2, 0) is 4.79 Å². The molecule has 1 heterocycles. The number of carbonyl (C=O) groups excluding carboxylic acids is 1. The predicted molar refractivity (Wildman–Crippen MR) is 78.3 cm³/mol. The lowest BCUT2D eigenvalue weighted by molar-refractivity contribution is -0.127. The molecular formula is C15H25NO2S. The van der Waals surface area contributed by atoms with E-state index < -0.39 is 0 Å². The molecule has 0 aromatic heterocycles. The third kappa shape index (κ3) is 2.07. The van der Waals surface area contributed by atoms with Gasteiger partial charge in [0.2, 0.25) is 0 Å². The van der Waals surface area contributed by atoms with E-state index in [-0.39, 0.29) is 16.9 Å². The molecule has 1 aliphatic heterocycles. The molecule has 4 atom stereocenters. The normalized spacial score (nSPS) is 44.2. The van der Waals surface area contributed by atoms with Crippen molar-refractivity contribution in [1.82, 2.24) is 5.32 Å². The number of fused-ring (bicyclic) bond motifs is 2. The lowest BCUT2D eigenvalue weighted by Crippen LogP contribution is -2.39. The third-order valence-electron chi connectivity index (χ3n) is 6.01. The molecule has 3 aliphatic rings. The van der Waals surface area contributed by atoms with E-state index in [2.05, 4.69) is 19.2 Å². The quantitative estimate of drug-likeness (QED) is 0.826. The molecule has 4 heteroatoms. The topological polar surface area (TPSA) is 49.3 Å². The predicted octanol–water partition coefficient (Wildman–Crippen LogP) is 1.84. The minimum atomic E-state index is -0.177. The molecule has 0 amide bonds. The zero-order chi connectivity index (χ0) is 13.7. The molecule has 0 aromatic carbocycles. The molecule has 1 saturated heterocycles. The first-order valence-electron chi connectivity index (χ1n) is 7.48. The van der Waals surface area contributed by atoms with Gasteiger partial charge in [-0.15, -0.1) is 0 Å². The highest BCUT2D eigenvalue weighted by Crippen LogP contribution is 2.64. The Hall–Kier alpha value is -0.0600. The Labute approximate surface area is 119 Å². The van der Waals surface area contributed by atoms with Crippen LogP contribution >= 0.6 is 11.8 Å². The summed E-state index contributed by atoms with van der Waals surface area (Å²) < 4.78 is 0. The lowest BCUT2D eigenvalue weighted by Gasteiger charge is -2.36. The fourth-order valence-corrected chi connectivity index (χ4v) is 6.09. The SMILES string of the molecule is CC1(C)[C@@H]2CC[C@@]1(CSC[C@@H]1C[C@@H](O)CN1)C(=O)C2. The summed E-state index contributed by atoms with van der Waals surface area (Å²) in [5.41, 5.74) is 0.138. The first kappa shape index (κ1) is 13.9. The van der Waals surface area contributed by atoms with Gasteiger partial charge in [0.25, 0.3) is 0 Å². The smallest absolute Gasteiger partial charge is 0.140 e. The van der Waals surface area contributed by atoms with E-state index in [9.17, 15) is 9.90 Å². The van der Waals surface area contributed by atoms with Crippen LogP contribution < -0.4 is 5.32 Å². The molecule has 2 aliphatic carbocycles. The highest BCUT2D eigenvalue weighted by Gasteiger charge is 2.63. The average molecular weight is 283 g/mol. The zero-order valence-corrected chi connectivity index (χ0v) is 12.8. The summed E-state index contributed by atoms with van der Waals surface area (Å²) in [6.45, 7) is 5.32. The standard InChI is InChI=1S/C15H25NO2S/c1-14(2)10-3-4-15(14,13(18)5-10)9-19-8-11-6-12(17)7-16-11/h10-12,16-17H,3-9H2,1-2H3/t10-,11+,12-,15-/m1/s1. The maximum absolute atomic E-state index is 12.4. The summed E-state index contributed by atoms with van der Waals surface area (Å²) in [6.07, 6.45) is 3.83. The highest BCUT2D eigenvalue weighted by atomic mass is 32.2. The van der Waals surface area contributed by atoms with Gasteiger partial charge in [-0.05, 0) is 30.6 Å². The van der Waals surface area contributed by atoms with Crippen LogP contribution in [0.1, 0.15) is 39.5 Å². The Morgan fingerprint density at radius 1 is 1.47 bits per heavy atom. The maximum Gasteiger partial charge on any atom is 0.140 e. The van der Waals surface area contributed by atoms with Crippen molar-refractivity contribution in [3.8, 4) is 0 Å². The van der Waals surface area contributed by atoms with Gasteiger partial charge in [-0.25, -0.2) is 0 Å². The number of hydrogen-bond acceptors (Lipinski definition) is 4. The summed E-state index contributed by atoms with van der Waals surface area (Å²) in [6, 6.07) is 0.424. The average Bonchev–Trinajstić information content (AvgIpc) is 2.91. The molecule has 0 unspecified atom stereocenters. The van der Waals surface area contributed by atoms with E-state index in [1.165, 1.54) is 6.42 Å². The van der Waals surface area contributed by atoms with Crippen LogP contribution in [0.3, 0.4) is 0 Å². The summed E-state index contributed by atoms with van der Waals surface area (Å²) in [4.78, 5) is 12.4. The Morgan fingerprint density at radius 2 is 2.26 bits per heavy atom. The van der Waals surface area contributed by atoms with Crippen LogP contribution in [-0.4, -0.2) is 41.1 Å². The van der Waals surface area contributed by atoms with E-state index in [4.69, 9.17) is 0 Å². The number of ketones is 1. The van der Waals surface area contributed by atoms with Gasteiger partial charge < -0.3 is 10.4 Å².